The fourth-order valence-corrected chi connectivity index (χ4v) is 2.08. The van der Waals surface area contributed by atoms with Gasteiger partial charge in [0.2, 0.25) is 5.95 Å². The largest absolute Gasteiger partial charge is 0.354 e. The van der Waals surface area contributed by atoms with Crippen LogP contribution in [-0.4, -0.2) is 17.0 Å². The number of nitrogens with one attached hydrogen (secondary N) is 1. The summed E-state index contributed by atoms with van der Waals surface area (Å²) in [5.41, 5.74) is 3.38. The highest BCUT2D eigenvalue weighted by atomic mass is 35.5. The highest BCUT2D eigenvalue weighted by Crippen LogP contribution is 2.25. The number of hydrogen-bond donors (Lipinski definition) is 2. The third kappa shape index (κ3) is 3.26. The van der Waals surface area contributed by atoms with Crippen LogP contribution >= 0.6 is 23.2 Å². The van der Waals surface area contributed by atoms with Gasteiger partial charge in [0, 0.05) is 18.6 Å². The minimum absolute atomic E-state index is 0.311. The number of aromatic nitrogens is 2. The van der Waals surface area contributed by atoms with Gasteiger partial charge >= 0.3 is 0 Å². The second kappa shape index (κ2) is 6.06. The summed E-state index contributed by atoms with van der Waals surface area (Å²) >= 11 is 12.2. The first-order chi connectivity index (χ1) is 9.11. The summed E-state index contributed by atoms with van der Waals surface area (Å²) < 4.78 is 0. The third-order valence-electron chi connectivity index (χ3n) is 2.58. The van der Waals surface area contributed by atoms with Gasteiger partial charge in [0.25, 0.3) is 0 Å². The molecule has 0 saturated carbocycles. The molecule has 7 heteroatoms. The normalized spacial score (nSPS) is 10.3. The maximum Gasteiger partial charge on any atom is 0.239 e. The number of anilines is 2. The van der Waals surface area contributed by atoms with Crippen LogP contribution in [0.25, 0.3) is 0 Å². The van der Waals surface area contributed by atoms with Crippen LogP contribution in [-0.2, 0) is 6.54 Å². The van der Waals surface area contributed by atoms with Gasteiger partial charge in [-0.15, -0.1) is 0 Å². The second-order valence-corrected chi connectivity index (χ2v) is 4.77. The van der Waals surface area contributed by atoms with Gasteiger partial charge in [-0.25, -0.2) is 10.8 Å². The van der Waals surface area contributed by atoms with E-state index in [0.29, 0.717) is 28.4 Å². The predicted octanol–water partition coefficient (Wildman–Crippen LogP) is 2.71. The van der Waals surface area contributed by atoms with Gasteiger partial charge in [0.05, 0.1) is 6.20 Å². The van der Waals surface area contributed by atoms with Crippen molar-refractivity contribution in [3.63, 3.8) is 0 Å². The molecule has 2 aromatic rings. The molecule has 0 radical (unpaired) electrons. The summed E-state index contributed by atoms with van der Waals surface area (Å²) in [6, 6.07) is 7.62. The molecule has 0 aliphatic rings. The Bertz CT molecular complexity index is 576. The second-order valence-electron chi connectivity index (χ2n) is 3.96. The van der Waals surface area contributed by atoms with Gasteiger partial charge in [-0.05, 0) is 11.6 Å². The van der Waals surface area contributed by atoms with Crippen LogP contribution in [0.4, 0.5) is 11.8 Å². The van der Waals surface area contributed by atoms with Crippen molar-refractivity contribution < 1.29 is 0 Å². The van der Waals surface area contributed by atoms with Gasteiger partial charge in [-0.3, -0.25) is 5.43 Å². The number of nitrogens with zero attached hydrogens (tertiary/aromatic N) is 3. The zero-order chi connectivity index (χ0) is 13.8. The third-order valence-corrected chi connectivity index (χ3v) is 3.22. The molecule has 0 amide bonds. The van der Waals surface area contributed by atoms with Gasteiger partial charge in [0.1, 0.15) is 5.02 Å². The molecule has 0 bridgehead atoms. The fourth-order valence-electron chi connectivity index (χ4n) is 1.65. The van der Waals surface area contributed by atoms with Crippen molar-refractivity contribution in [2.24, 2.45) is 5.84 Å². The van der Waals surface area contributed by atoms with Crippen molar-refractivity contribution in [2.75, 3.05) is 17.4 Å². The lowest BCUT2D eigenvalue weighted by Crippen LogP contribution is -2.20. The molecule has 0 unspecified atom stereocenters. The Balaban J connectivity index is 2.25. The van der Waals surface area contributed by atoms with Crippen molar-refractivity contribution in [1.29, 1.82) is 0 Å². The number of hydrogen-bond acceptors (Lipinski definition) is 5. The summed E-state index contributed by atoms with van der Waals surface area (Å²) in [5.74, 6) is 6.19. The molecular formula is C12H13Cl2N5. The first-order valence-electron chi connectivity index (χ1n) is 5.55. The average Bonchev–Trinajstić information content (AvgIpc) is 2.42. The molecule has 0 atom stereocenters. The van der Waals surface area contributed by atoms with Crippen molar-refractivity contribution >= 4 is 35.0 Å². The highest BCUT2D eigenvalue weighted by Gasteiger charge is 2.11. The smallest absolute Gasteiger partial charge is 0.239 e. The number of hydrazine groups is 1. The Kier molecular flexibility index (Phi) is 4.42. The summed E-state index contributed by atoms with van der Waals surface area (Å²) in [5, 5.41) is 1.16. The maximum atomic E-state index is 6.13. The Morgan fingerprint density at radius 3 is 2.68 bits per heavy atom. The van der Waals surface area contributed by atoms with Gasteiger partial charge in [0.15, 0.2) is 5.82 Å². The first kappa shape index (κ1) is 13.9. The number of benzene rings is 1. The van der Waals surface area contributed by atoms with E-state index in [-0.39, 0.29) is 0 Å². The SMILES string of the molecule is CN(Cc1ccccc1Cl)c1nc(NN)ncc1Cl. The van der Waals surface area contributed by atoms with Crippen molar-refractivity contribution in [1.82, 2.24) is 9.97 Å². The van der Waals surface area contributed by atoms with E-state index < -0.39 is 0 Å². The molecule has 0 aliphatic carbocycles. The molecule has 0 aliphatic heterocycles. The highest BCUT2D eigenvalue weighted by molar-refractivity contribution is 6.33. The van der Waals surface area contributed by atoms with E-state index in [1.807, 2.05) is 36.2 Å². The average molecular weight is 298 g/mol. The van der Waals surface area contributed by atoms with Crippen LogP contribution in [0.3, 0.4) is 0 Å². The Hall–Kier alpha value is -1.56. The predicted molar refractivity (Wildman–Crippen MR) is 78.4 cm³/mol. The number of rotatable bonds is 4. The molecule has 1 heterocycles. The van der Waals surface area contributed by atoms with Crippen LogP contribution in [0.15, 0.2) is 30.5 Å². The van der Waals surface area contributed by atoms with Gasteiger partial charge in [-0.1, -0.05) is 41.4 Å². The quantitative estimate of drug-likeness (QED) is 0.671. The van der Waals surface area contributed by atoms with Crippen LogP contribution in [0.1, 0.15) is 5.56 Å². The van der Waals surface area contributed by atoms with Crippen molar-refractivity contribution in [2.45, 2.75) is 6.54 Å². The van der Waals surface area contributed by atoms with E-state index in [1.54, 1.807) is 0 Å². The van der Waals surface area contributed by atoms with E-state index in [2.05, 4.69) is 15.4 Å². The van der Waals surface area contributed by atoms with Crippen LogP contribution < -0.4 is 16.2 Å². The number of halogens is 2. The molecule has 19 heavy (non-hydrogen) atoms. The van der Waals surface area contributed by atoms with Gasteiger partial charge < -0.3 is 4.90 Å². The number of nitrogen functional groups attached to an aromatic ring is 1. The fraction of sp³-hybridized carbons (Fsp3) is 0.167. The lowest BCUT2D eigenvalue weighted by molar-refractivity contribution is 0.891. The molecule has 100 valence electrons. The number of nitrogens with two attached hydrogens (primary N) is 1. The van der Waals surface area contributed by atoms with E-state index in [1.165, 1.54) is 6.20 Å². The standard InChI is InChI=1S/C12H13Cl2N5/c1-19(7-8-4-2-3-5-9(8)13)11-10(14)6-16-12(17-11)18-15/h2-6H,7,15H2,1H3,(H,16,17,18). The van der Waals surface area contributed by atoms with Crippen molar-refractivity contribution in [3.05, 3.63) is 46.1 Å². The Morgan fingerprint density at radius 1 is 1.26 bits per heavy atom. The first-order valence-corrected chi connectivity index (χ1v) is 6.31. The van der Waals surface area contributed by atoms with E-state index >= 15 is 0 Å². The zero-order valence-electron chi connectivity index (χ0n) is 10.3. The monoisotopic (exact) mass is 297 g/mol. The Morgan fingerprint density at radius 2 is 2.00 bits per heavy atom. The summed E-state index contributed by atoms with van der Waals surface area (Å²) in [6.45, 7) is 0.584. The summed E-state index contributed by atoms with van der Waals surface area (Å²) in [6.07, 6.45) is 1.50. The molecule has 0 saturated heterocycles. The van der Waals surface area contributed by atoms with Gasteiger partial charge in [-0.2, -0.15) is 4.98 Å². The summed E-state index contributed by atoms with van der Waals surface area (Å²) in [4.78, 5) is 10.0. The molecule has 3 N–H and O–H groups in total. The van der Waals surface area contributed by atoms with Crippen LogP contribution in [0.5, 0.6) is 0 Å². The lowest BCUT2D eigenvalue weighted by Gasteiger charge is -2.20. The molecule has 2 rings (SSSR count). The molecule has 1 aromatic carbocycles. The lowest BCUT2D eigenvalue weighted by atomic mass is 10.2. The maximum absolute atomic E-state index is 6.13. The minimum atomic E-state index is 0.311. The topological polar surface area (TPSA) is 67.1 Å². The van der Waals surface area contributed by atoms with Crippen LogP contribution in [0, 0.1) is 0 Å². The molecular weight excluding hydrogens is 285 g/mol. The van der Waals surface area contributed by atoms with E-state index in [9.17, 15) is 0 Å². The minimum Gasteiger partial charge on any atom is -0.354 e. The summed E-state index contributed by atoms with van der Waals surface area (Å²) in [7, 11) is 1.87. The molecule has 1 aromatic heterocycles. The van der Waals surface area contributed by atoms with E-state index in [0.717, 1.165) is 5.56 Å². The molecule has 0 fully saturated rings. The van der Waals surface area contributed by atoms with Crippen molar-refractivity contribution in [3.8, 4) is 0 Å². The van der Waals surface area contributed by atoms with Crippen LogP contribution in [0.2, 0.25) is 10.0 Å². The Labute approximate surface area is 121 Å². The van der Waals surface area contributed by atoms with E-state index in [4.69, 9.17) is 29.0 Å². The zero-order valence-corrected chi connectivity index (χ0v) is 11.8. The molecule has 5 nitrogen and oxygen atoms in total. The molecule has 0 spiro atoms.